The summed E-state index contributed by atoms with van der Waals surface area (Å²) in [5.74, 6) is -1.74. The molecule has 1 fully saturated rings. The normalized spacial score (nSPS) is 16.8. The maximum Gasteiger partial charge on any atom is 0.401 e. The van der Waals surface area contributed by atoms with Crippen LogP contribution in [0.2, 0.25) is 0 Å². The van der Waals surface area contributed by atoms with Gasteiger partial charge in [0, 0.05) is 11.6 Å². The molecule has 1 aliphatic rings. The highest BCUT2D eigenvalue weighted by molar-refractivity contribution is 5.95. The van der Waals surface area contributed by atoms with E-state index in [1.54, 1.807) is 19.1 Å². The highest BCUT2D eigenvalue weighted by Gasteiger charge is 2.33. The van der Waals surface area contributed by atoms with Crippen LogP contribution in [0, 0.1) is 12.8 Å². The summed E-state index contributed by atoms with van der Waals surface area (Å²) in [5, 5.41) is 11.7. The number of carbonyl (C=O) groups is 2. The number of piperidine rings is 1. The van der Waals surface area contributed by atoms with E-state index in [2.05, 4.69) is 5.32 Å². The predicted octanol–water partition coefficient (Wildman–Crippen LogP) is 2.91. The number of halogens is 3. The number of amides is 1. The molecule has 0 bridgehead atoms. The van der Waals surface area contributed by atoms with Crippen molar-refractivity contribution in [3.8, 4) is 0 Å². The summed E-state index contributed by atoms with van der Waals surface area (Å²) in [4.78, 5) is 24.6. The Bertz CT molecular complexity index is 623. The van der Waals surface area contributed by atoms with Crippen LogP contribution in [-0.2, 0) is 4.79 Å². The van der Waals surface area contributed by atoms with Crippen LogP contribution in [0.15, 0.2) is 18.2 Å². The number of aryl methyl sites for hydroxylation is 1. The Morgan fingerprint density at radius 2 is 1.92 bits per heavy atom. The lowest BCUT2D eigenvalue weighted by atomic mass is 9.95. The second-order valence-corrected chi connectivity index (χ2v) is 5.99. The zero-order valence-electron chi connectivity index (χ0n) is 13.2. The standard InChI is InChI=1S/C16H19F3N2O3/c1-10-2-3-12(8-13(10)15(23)24)20-14(22)11-4-6-21(7-5-11)9-16(17,18)19/h2-3,8,11H,4-7,9H2,1H3,(H,20,22)(H,23,24). The molecule has 2 N–H and O–H groups in total. The topological polar surface area (TPSA) is 69.6 Å². The number of aromatic carboxylic acids is 1. The Balaban J connectivity index is 1.92. The van der Waals surface area contributed by atoms with Crippen molar-refractivity contribution in [2.45, 2.75) is 25.9 Å². The van der Waals surface area contributed by atoms with Crippen LogP contribution in [0.25, 0.3) is 0 Å². The van der Waals surface area contributed by atoms with Crippen LogP contribution >= 0.6 is 0 Å². The third-order valence-corrected chi connectivity index (χ3v) is 4.10. The first-order chi connectivity index (χ1) is 11.2. The fourth-order valence-corrected chi connectivity index (χ4v) is 2.78. The van der Waals surface area contributed by atoms with Gasteiger partial charge in [0.1, 0.15) is 0 Å². The number of carboxylic acids is 1. The van der Waals surface area contributed by atoms with Crippen molar-refractivity contribution in [2.24, 2.45) is 5.92 Å². The zero-order chi connectivity index (χ0) is 17.9. The molecule has 0 saturated carbocycles. The molecular weight excluding hydrogens is 325 g/mol. The molecule has 0 aromatic heterocycles. The third-order valence-electron chi connectivity index (χ3n) is 4.10. The molecule has 0 atom stereocenters. The molecular formula is C16H19F3N2O3. The average molecular weight is 344 g/mol. The van der Waals surface area contributed by atoms with Crippen LogP contribution in [-0.4, -0.2) is 47.7 Å². The second kappa shape index (κ2) is 7.21. The van der Waals surface area contributed by atoms with Gasteiger partial charge in [0.15, 0.2) is 0 Å². The number of nitrogens with one attached hydrogen (secondary N) is 1. The van der Waals surface area contributed by atoms with Crippen LogP contribution in [0.1, 0.15) is 28.8 Å². The van der Waals surface area contributed by atoms with E-state index >= 15 is 0 Å². The fraction of sp³-hybridized carbons (Fsp3) is 0.500. The number of alkyl halides is 3. The maximum absolute atomic E-state index is 12.4. The Morgan fingerprint density at radius 1 is 1.29 bits per heavy atom. The number of hydrogen-bond acceptors (Lipinski definition) is 3. The number of carbonyl (C=O) groups excluding carboxylic acids is 1. The SMILES string of the molecule is Cc1ccc(NC(=O)C2CCN(CC(F)(F)F)CC2)cc1C(=O)O. The molecule has 0 aliphatic carbocycles. The van der Waals surface area contributed by atoms with Gasteiger partial charge in [0.2, 0.25) is 5.91 Å². The van der Waals surface area contributed by atoms with Crippen LogP contribution in [0.3, 0.4) is 0 Å². The van der Waals surface area contributed by atoms with E-state index < -0.39 is 18.7 Å². The minimum Gasteiger partial charge on any atom is -0.478 e. The average Bonchev–Trinajstić information content (AvgIpc) is 2.48. The van der Waals surface area contributed by atoms with Crippen molar-refractivity contribution in [3.63, 3.8) is 0 Å². The summed E-state index contributed by atoms with van der Waals surface area (Å²) in [6.45, 7) is 1.13. The lowest BCUT2D eigenvalue weighted by Crippen LogP contribution is -2.42. The summed E-state index contributed by atoms with van der Waals surface area (Å²) in [6, 6.07) is 4.60. The number of hydrogen-bond donors (Lipinski definition) is 2. The van der Waals surface area contributed by atoms with E-state index in [1.165, 1.54) is 11.0 Å². The minimum atomic E-state index is -4.23. The van der Waals surface area contributed by atoms with Crippen LogP contribution in [0.5, 0.6) is 0 Å². The van der Waals surface area contributed by atoms with Crippen molar-refractivity contribution in [1.29, 1.82) is 0 Å². The molecule has 0 radical (unpaired) electrons. The lowest BCUT2D eigenvalue weighted by Gasteiger charge is -2.31. The van der Waals surface area contributed by atoms with Crippen molar-refractivity contribution < 1.29 is 27.9 Å². The largest absolute Gasteiger partial charge is 0.478 e. The van der Waals surface area contributed by atoms with E-state index in [4.69, 9.17) is 5.11 Å². The number of carboxylic acid groups (broad SMARTS) is 1. The molecule has 1 aromatic carbocycles. The second-order valence-electron chi connectivity index (χ2n) is 5.99. The summed E-state index contributed by atoms with van der Waals surface area (Å²) < 4.78 is 37.1. The third kappa shape index (κ3) is 4.95. The number of benzene rings is 1. The van der Waals surface area contributed by atoms with Gasteiger partial charge in [-0.15, -0.1) is 0 Å². The molecule has 1 heterocycles. The Morgan fingerprint density at radius 3 is 2.46 bits per heavy atom. The Labute approximate surface area is 137 Å². The Kier molecular flexibility index (Phi) is 5.48. The fourth-order valence-electron chi connectivity index (χ4n) is 2.78. The highest BCUT2D eigenvalue weighted by atomic mass is 19.4. The van der Waals surface area contributed by atoms with Gasteiger partial charge in [-0.25, -0.2) is 4.79 Å². The number of likely N-dealkylation sites (tertiary alicyclic amines) is 1. The van der Waals surface area contributed by atoms with Gasteiger partial charge in [0.05, 0.1) is 12.1 Å². The quantitative estimate of drug-likeness (QED) is 0.881. The monoisotopic (exact) mass is 344 g/mol. The predicted molar refractivity (Wildman–Crippen MR) is 82.0 cm³/mol. The number of rotatable bonds is 4. The van der Waals surface area contributed by atoms with Crippen molar-refractivity contribution in [3.05, 3.63) is 29.3 Å². The first kappa shape index (κ1) is 18.3. The molecule has 5 nitrogen and oxygen atoms in total. The molecule has 1 saturated heterocycles. The number of anilines is 1. The highest BCUT2D eigenvalue weighted by Crippen LogP contribution is 2.24. The molecule has 132 valence electrons. The van der Waals surface area contributed by atoms with Crippen molar-refractivity contribution in [2.75, 3.05) is 25.0 Å². The Hall–Kier alpha value is -2.09. The number of nitrogens with zero attached hydrogens (tertiary/aromatic N) is 1. The molecule has 1 amide bonds. The maximum atomic E-state index is 12.4. The van der Waals surface area contributed by atoms with Gasteiger partial charge in [0.25, 0.3) is 0 Å². The molecule has 1 aliphatic heterocycles. The van der Waals surface area contributed by atoms with Crippen LogP contribution in [0.4, 0.5) is 18.9 Å². The summed E-state index contributed by atoms with van der Waals surface area (Å²) in [7, 11) is 0. The first-order valence-corrected chi connectivity index (χ1v) is 7.59. The molecule has 24 heavy (non-hydrogen) atoms. The first-order valence-electron chi connectivity index (χ1n) is 7.59. The minimum absolute atomic E-state index is 0.104. The van der Waals surface area contributed by atoms with Crippen molar-refractivity contribution >= 4 is 17.6 Å². The molecule has 2 rings (SSSR count). The summed E-state index contributed by atoms with van der Waals surface area (Å²) in [5.41, 5.74) is 1.06. The lowest BCUT2D eigenvalue weighted by molar-refractivity contribution is -0.149. The van der Waals surface area contributed by atoms with Gasteiger partial charge in [-0.05, 0) is 50.6 Å². The molecule has 1 aromatic rings. The van der Waals surface area contributed by atoms with E-state index in [1.807, 2.05) is 0 Å². The van der Waals surface area contributed by atoms with Gasteiger partial charge < -0.3 is 10.4 Å². The van der Waals surface area contributed by atoms with Gasteiger partial charge in [-0.2, -0.15) is 13.2 Å². The summed E-state index contributed by atoms with van der Waals surface area (Å²) in [6.07, 6.45) is -3.54. The summed E-state index contributed by atoms with van der Waals surface area (Å²) >= 11 is 0. The zero-order valence-corrected chi connectivity index (χ0v) is 13.2. The molecule has 0 spiro atoms. The van der Waals surface area contributed by atoms with Gasteiger partial charge in [-0.1, -0.05) is 6.07 Å². The van der Waals surface area contributed by atoms with E-state index in [-0.39, 0.29) is 30.5 Å². The molecule has 8 heteroatoms. The van der Waals surface area contributed by atoms with Gasteiger partial charge >= 0.3 is 12.1 Å². The van der Waals surface area contributed by atoms with E-state index in [9.17, 15) is 22.8 Å². The van der Waals surface area contributed by atoms with Crippen molar-refractivity contribution in [1.82, 2.24) is 4.90 Å². The smallest absolute Gasteiger partial charge is 0.401 e. The van der Waals surface area contributed by atoms with Gasteiger partial charge in [-0.3, -0.25) is 9.69 Å². The molecule has 0 unspecified atom stereocenters. The van der Waals surface area contributed by atoms with E-state index in [0.717, 1.165) is 0 Å². The van der Waals surface area contributed by atoms with E-state index in [0.29, 0.717) is 24.1 Å². The van der Waals surface area contributed by atoms with Crippen LogP contribution < -0.4 is 5.32 Å².